The summed E-state index contributed by atoms with van der Waals surface area (Å²) in [5.41, 5.74) is 0.982. The van der Waals surface area contributed by atoms with E-state index >= 15 is 0 Å². The van der Waals surface area contributed by atoms with E-state index in [1.807, 2.05) is 48.6 Å². The van der Waals surface area contributed by atoms with E-state index < -0.39 is 18.3 Å². The maximum atomic E-state index is 11.9. The lowest BCUT2D eigenvalue weighted by molar-refractivity contribution is -0.145. The van der Waals surface area contributed by atoms with Crippen LogP contribution in [0, 0.1) is 11.8 Å². The van der Waals surface area contributed by atoms with Gasteiger partial charge in [-0.15, -0.1) is 0 Å². The molecule has 2 rings (SSSR count). The number of allylic oxidation sites excluding steroid dienone is 2. The van der Waals surface area contributed by atoms with Crippen LogP contribution in [-0.4, -0.2) is 39.6 Å². The zero-order valence-electron chi connectivity index (χ0n) is 19.3. The summed E-state index contributed by atoms with van der Waals surface area (Å²) in [6.07, 6.45) is 12.9. The third kappa shape index (κ3) is 9.68. The third-order valence-corrected chi connectivity index (χ3v) is 6.14. The van der Waals surface area contributed by atoms with E-state index in [2.05, 4.69) is 6.92 Å². The second-order valence-corrected chi connectivity index (χ2v) is 8.81. The number of rotatable bonds is 14. The highest BCUT2D eigenvalue weighted by Crippen LogP contribution is 2.36. The molecule has 178 valence electrons. The van der Waals surface area contributed by atoms with Crippen molar-refractivity contribution >= 4 is 5.97 Å². The molecule has 3 N–H and O–H groups in total. The highest BCUT2D eigenvalue weighted by molar-refractivity contribution is 5.69. The monoisotopic (exact) mass is 444 g/mol. The minimum absolute atomic E-state index is 0.0591. The maximum absolute atomic E-state index is 11.9. The van der Waals surface area contributed by atoms with Gasteiger partial charge in [0.05, 0.1) is 18.3 Å². The van der Waals surface area contributed by atoms with E-state index in [9.17, 15) is 20.1 Å². The third-order valence-electron chi connectivity index (χ3n) is 6.14. The van der Waals surface area contributed by atoms with Gasteiger partial charge in [-0.3, -0.25) is 4.79 Å². The van der Waals surface area contributed by atoms with Crippen LogP contribution in [0.4, 0.5) is 0 Å². The molecule has 0 aromatic heterocycles. The molecule has 1 saturated carbocycles. The Morgan fingerprint density at radius 2 is 1.91 bits per heavy atom. The average Bonchev–Trinajstić information content (AvgIpc) is 3.06. The van der Waals surface area contributed by atoms with Gasteiger partial charge in [-0.2, -0.15) is 0 Å². The van der Waals surface area contributed by atoms with Crippen molar-refractivity contribution in [1.29, 1.82) is 0 Å². The normalized spacial score (nSPS) is 24.4. The van der Waals surface area contributed by atoms with Gasteiger partial charge in [0.25, 0.3) is 0 Å². The van der Waals surface area contributed by atoms with Crippen LogP contribution in [0.15, 0.2) is 54.6 Å². The number of unbranched alkanes of at least 4 members (excludes halogenated alkanes) is 3. The van der Waals surface area contributed by atoms with Crippen molar-refractivity contribution in [2.45, 2.75) is 89.6 Å². The van der Waals surface area contributed by atoms with Crippen LogP contribution < -0.4 is 0 Å². The van der Waals surface area contributed by atoms with Gasteiger partial charge in [0, 0.05) is 18.8 Å². The molecule has 0 spiro atoms. The number of carbonyl (C=O) groups excluding carboxylic acids is 1. The lowest BCUT2D eigenvalue weighted by atomic mass is 9.89. The topological polar surface area (TPSA) is 87.0 Å². The predicted molar refractivity (Wildman–Crippen MR) is 127 cm³/mol. The van der Waals surface area contributed by atoms with Crippen LogP contribution in [0.5, 0.6) is 0 Å². The van der Waals surface area contributed by atoms with Gasteiger partial charge in [-0.05, 0) is 37.2 Å². The van der Waals surface area contributed by atoms with E-state index in [0.717, 1.165) is 37.7 Å². The summed E-state index contributed by atoms with van der Waals surface area (Å²) in [7, 11) is 0. The Hall–Kier alpha value is -1.95. The largest absolute Gasteiger partial charge is 0.461 e. The highest BCUT2D eigenvalue weighted by Gasteiger charge is 2.39. The first-order valence-electron chi connectivity index (χ1n) is 12.1. The summed E-state index contributed by atoms with van der Waals surface area (Å²) >= 11 is 0. The number of hydrogen-bond donors (Lipinski definition) is 3. The van der Waals surface area contributed by atoms with Crippen molar-refractivity contribution < 1.29 is 24.9 Å². The van der Waals surface area contributed by atoms with Crippen LogP contribution in [-0.2, 0) is 16.1 Å². The van der Waals surface area contributed by atoms with Crippen molar-refractivity contribution in [1.82, 2.24) is 0 Å². The minimum atomic E-state index is -0.582. The van der Waals surface area contributed by atoms with Gasteiger partial charge >= 0.3 is 5.97 Å². The number of esters is 1. The number of aliphatic hydroxyl groups is 3. The molecular weight excluding hydrogens is 404 g/mol. The molecule has 5 unspecified atom stereocenters. The Balaban J connectivity index is 1.68. The fourth-order valence-corrected chi connectivity index (χ4v) is 4.21. The van der Waals surface area contributed by atoms with Gasteiger partial charge in [-0.25, -0.2) is 0 Å². The molecule has 0 radical (unpaired) electrons. The summed E-state index contributed by atoms with van der Waals surface area (Å²) in [5, 5.41) is 30.8. The van der Waals surface area contributed by atoms with Gasteiger partial charge in [0.2, 0.25) is 0 Å². The molecule has 0 aliphatic heterocycles. The van der Waals surface area contributed by atoms with E-state index in [1.165, 1.54) is 0 Å². The van der Waals surface area contributed by atoms with Crippen molar-refractivity contribution in [3.63, 3.8) is 0 Å². The van der Waals surface area contributed by atoms with Gasteiger partial charge in [-0.1, -0.05) is 80.8 Å². The molecule has 5 heteroatoms. The van der Waals surface area contributed by atoms with Crippen LogP contribution in [0.3, 0.4) is 0 Å². The Morgan fingerprint density at radius 3 is 2.66 bits per heavy atom. The lowest BCUT2D eigenvalue weighted by Gasteiger charge is -2.19. The second kappa shape index (κ2) is 15.0. The second-order valence-electron chi connectivity index (χ2n) is 8.81. The first-order valence-corrected chi connectivity index (χ1v) is 12.1. The fraction of sp³-hybridized carbons (Fsp3) is 0.593. The number of hydrogen-bond acceptors (Lipinski definition) is 5. The first-order chi connectivity index (χ1) is 15.5. The van der Waals surface area contributed by atoms with E-state index in [1.54, 1.807) is 6.08 Å². The summed E-state index contributed by atoms with van der Waals surface area (Å²) in [6, 6.07) is 9.63. The Labute approximate surface area is 192 Å². The van der Waals surface area contributed by atoms with Crippen LogP contribution in [0.1, 0.15) is 70.3 Å². The Morgan fingerprint density at radius 1 is 1.12 bits per heavy atom. The van der Waals surface area contributed by atoms with Crippen LogP contribution >= 0.6 is 0 Å². The molecule has 1 fully saturated rings. The number of ether oxygens (including phenoxy) is 1. The van der Waals surface area contributed by atoms with E-state index in [4.69, 9.17) is 4.74 Å². The minimum Gasteiger partial charge on any atom is -0.461 e. The molecule has 5 nitrogen and oxygen atoms in total. The molecule has 0 bridgehead atoms. The summed E-state index contributed by atoms with van der Waals surface area (Å²) in [6.45, 7) is 2.44. The van der Waals surface area contributed by atoms with E-state index in [-0.39, 0.29) is 17.8 Å². The predicted octanol–water partition coefficient (Wildman–Crippen LogP) is 4.70. The molecule has 1 aliphatic rings. The van der Waals surface area contributed by atoms with Crippen LogP contribution in [0.25, 0.3) is 0 Å². The zero-order chi connectivity index (χ0) is 23.2. The van der Waals surface area contributed by atoms with Gasteiger partial charge in [0.15, 0.2) is 0 Å². The Bertz CT molecular complexity index is 699. The maximum Gasteiger partial charge on any atom is 0.306 e. The van der Waals surface area contributed by atoms with E-state index in [0.29, 0.717) is 32.3 Å². The number of benzene rings is 1. The lowest BCUT2D eigenvalue weighted by Crippen LogP contribution is -2.20. The molecular formula is C27H40O5. The fourth-order valence-electron chi connectivity index (χ4n) is 4.21. The number of carbonyl (C=O) groups is 1. The molecule has 5 atom stereocenters. The van der Waals surface area contributed by atoms with Crippen LogP contribution in [0.2, 0.25) is 0 Å². The Kier molecular flexibility index (Phi) is 12.3. The molecule has 1 aliphatic carbocycles. The molecule has 0 heterocycles. The number of aliphatic hydroxyl groups excluding tert-OH is 3. The summed E-state index contributed by atoms with van der Waals surface area (Å²) in [4.78, 5) is 11.9. The van der Waals surface area contributed by atoms with Crippen molar-refractivity contribution in [3.05, 3.63) is 60.2 Å². The molecule has 32 heavy (non-hydrogen) atoms. The molecule has 1 aromatic carbocycles. The standard InChI is InChI=1S/C27H40O5/c1-2-3-7-14-22(28)17-18-24-23(25(29)19-26(24)30)15-10-4-5-11-16-27(31)32-20-21-12-8-6-9-13-21/h4,6,8-10,12-13,17-18,22-26,28-30H,2-3,5,7,11,14-16,19-20H2,1H3/b10-4+,18-17+. The van der Waals surface area contributed by atoms with Crippen molar-refractivity contribution in [2.24, 2.45) is 11.8 Å². The smallest absolute Gasteiger partial charge is 0.306 e. The van der Waals surface area contributed by atoms with Gasteiger partial charge in [0.1, 0.15) is 6.61 Å². The SMILES string of the molecule is CCCCCC(O)/C=C/C1C(O)CC(O)C1C/C=C/CCCC(=O)OCc1ccccc1. The zero-order valence-corrected chi connectivity index (χ0v) is 19.3. The molecule has 0 amide bonds. The van der Waals surface area contributed by atoms with Crippen molar-refractivity contribution in [2.75, 3.05) is 0 Å². The van der Waals surface area contributed by atoms with Gasteiger partial charge < -0.3 is 20.1 Å². The first kappa shape index (κ1) is 26.3. The molecule has 1 aromatic rings. The highest BCUT2D eigenvalue weighted by atomic mass is 16.5. The summed E-state index contributed by atoms with van der Waals surface area (Å²) in [5.74, 6) is -0.404. The average molecular weight is 445 g/mol. The van der Waals surface area contributed by atoms with Crippen molar-refractivity contribution in [3.8, 4) is 0 Å². The summed E-state index contributed by atoms with van der Waals surface area (Å²) < 4.78 is 5.28. The quantitative estimate of drug-likeness (QED) is 0.220. The molecule has 0 saturated heterocycles.